The summed E-state index contributed by atoms with van der Waals surface area (Å²) in [4.78, 5) is 23.6. The minimum atomic E-state index is -1.71. The van der Waals surface area contributed by atoms with Gasteiger partial charge in [-0.05, 0) is 29.8 Å². The summed E-state index contributed by atoms with van der Waals surface area (Å²) in [6.45, 7) is 1.15. The lowest BCUT2D eigenvalue weighted by atomic mass is 10.1. The van der Waals surface area contributed by atoms with Crippen molar-refractivity contribution in [3.05, 3.63) is 65.2 Å². The highest BCUT2D eigenvalue weighted by Gasteiger charge is 2.29. The second kappa shape index (κ2) is 8.23. The lowest BCUT2D eigenvalue weighted by Crippen LogP contribution is -2.32. The summed E-state index contributed by atoms with van der Waals surface area (Å²) < 4.78 is 37.7. The zero-order valence-electron chi connectivity index (χ0n) is 13.7. The van der Waals surface area contributed by atoms with Gasteiger partial charge in [0.25, 0.3) is 5.91 Å². The van der Waals surface area contributed by atoms with E-state index in [4.69, 9.17) is 9.47 Å². The van der Waals surface area contributed by atoms with E-state index in [1.54, 1.807) is 24.3 Å². The molecule has 0 radical (unpaired) electrons. The van der Waals surface area contributed by atoms with Crippen LogP contribution in [0, 0.1) is 11.6 Å². The Balaban J connectivity index is 2.16. The van der Waals surface area contributed by atoms with Crippen LogP contribution < -0.4 is 10.1 Å². The van der Waals surface area contributed by atoms with E-state index in [-0.39, 0.29) is 6.54 Å². The van der Waals surface area contributed by atoms with E-state index in [2.05, 4.69) is 5.32 Å². The summed E-state index contributed by atoms with van der Waals surface area (Å²) in [5.74, 6) is -2.93. The van der Waals surface area contributed by atoms with Gasteiger partial charge in [-0.15, -0.1) is 0 Å². The van der Waals surface area contributed by atoms with Crippen molar-refractivity contribution in [1.29, 1.82) is 0 Å². The Kier molecular flexibility index (Phi) is 6.05. The van der Waals surface area contributed by atoms with Crippen LogP contribution in [0.5, 0.6) is 5.75 Å². The molecule has 0 heterocycles. The van der Waals surface area contributed by atoms with Gasteiger partial charge in [-0.1, -0.05) is 18.2 Å². The van der Waals surface area contributed by atoms with Crippen molar-refractivity contribution in [3.63, 3.8) is 0 Å². The second-order valence-corrected chi connectivity index (χ2v) is 5.19. The SMILES string of the molecule is COc1ccc(CNC(=O)[C@@H](OC(C)=O)c2c(F)cccc2F)cc1. The Morgan fingerprint density at radius 1 is 1.08 bits per heavy atom. The van der Waals surface area contributed by atoms with E-state index < -0.39 is 35.2 Å². The summed E-state index contributed by atoms with van der Waals surface area (Å²) in [7, 11) is 1.53. The van der Waals surface area contributed by atoms with Crippen molar-refractivity contribution < 1.29 is 27.8 Å². The van der Waals surface area contributed by atoms with Crippen molar-refractivity contribution in [2.24, 2.45) is 0 Å². The Hall–Kier alpha value is -2.96. The van der Waals surface area contributed by atoms with Crippen LogP contribution in [0.1, 0.15) is 24.2 Å². The lowest BCUT2D eigenvalue weighted by Gasteiger charge is -2.18. The molecule has 0 fully saturated rings. The number of methoxy groups -OCH3 is 1. The normalized spacial score (nSPS) is 11.5. The van der Waals surface area contributed by atoms with Gasteiger partial charge in [-0.3, -0.25) is 9.59 Å². The molecule has 7 heteroatoms. The van der Waals surface area contributed by atoms with Crippen LogP contribution in [0.25, 0.3) is 0 Å². The molecule has 1 N–H and O–H groups in total. The fourth-order valence-corrected chi connectivity index (χ4v) is 2.20. The molecule has 0 spiro atoms. The number of carbonyl (C=O) groups is 2. The molecule has 2 rings (SSSR count). The molecule has 25 heavy (non-hydrogen) atoms. The van der Waals surface area contributed by atoms with Crippen LogP contribution in [0.4, 0.5) is 8.78 Å². The number of amides is 1. The Bertz CT molecular complexity index is 742. The smallest absolute Gasteiger partial charge is 0.303 e. The predicted molar refractivity (Wildman–Crippen MR) is 85.7 cm³/mol. The van der Waals surface area contributed by atoms with Crippen LogP contribution in [0.15, 0.2) is 42.5 Å². The average Bonchev–Trinajstić information content (AvgIpc) is 2.58. The molecule has 0 aliphatic carbocycles. The maximum Gasteiger partial charge on any atom is 0.303 e. The molecule has 5 nitrogen and oxygen atoms in total. The van der Waals surface area contributed by atoms with Crippen molar-refractivity contribution in [2.45, 2.75) is 19.6 Å². The van der Waals surface area contributed by atoms with Crippen LogP contribution in [0.2, 0.25) is 0 Å². The summed E-state index contributed by atoms with van der Waals surface area (Å²) in [6, 6.07) is 10.0. The molecule has 1 amide bonds. The van der Waals surface area contributed by atoms with Crippen LogP contribution >= 0.6 is 0 Å². The zero-order valence-corrected chi connectivity index (χ0v) is 13.7. The number of nitrogens with one attached hydrogen (secondary N) is 1. The number of benzene rings is 2. The Labute approximate surface area is 143 Å². The van der Waals surface area contributed by atoms with Crippen molar-refractivity contribution in [1.82, 2.24) is 5.32 Å². The minimum Gasteiger partial charge on any atom is -0.497 e. The first-order valence-corrected chi connectivity index (χ1v) is 7.44. The van der Waals surface area contributed by atoms with Gasteiger partial charge in [0.1, 0.15) is 17.4 Å². The van der Waals surface area contributed by atoms with Crippen molar-refractivity contribution in [2.75, 3.05) is 7.11 Å². The quantitative estimate of drug-likeness (QED) is 0.815. The van der Waals surface area contributed by atoms with E-state index in [0.29, 0.717) is 5.75 Å². The largest absolute Gasteiger partial charge is 0.497 e. The number of halogens is 2. The highest BCUT2D eigenvalue weighted by molar-refractivity contribution is 5.84. The first-order chi connectivity index (χ1) is 11.9. The van der Waals surface area contributed by atoms with Gasteiger partial charge in [0.2, 0.25) is 6.10 Å². The van der Waals surface area contributed by atoms with Gasteiger partial charge >= 0.3 is 5.97 Å². The molecule has 2 aromatic rings. The maximum absolute atomic E-state index is 13.9. The molecule has 0 unspecified atom stereocenters. The summed E-state index contributed by atoms with van der Waals surface area (Å²) in [6.07, 6.45) is -1.71. The van der Waals surface area contributed by atoms with Gasteiger partial charge < -0.3 is 14.8 Å². The topological polar surface area (TPSA) is 64.6 Å². The van der Waals surface area contributed by atoms with Crippen LogP contribution in [0.3, 0.4) is 0 Å². The predicted octanol–water partition coefficient (Wildman–Crippen LogP) is 2.89. The first-order valence-electron chi connectivity index (χ1n) is 7.44. The minimum absolute atomic E-state index is 0.0939. The fourth-order valence-electron chi connectivity index (χ4n) is 2.20. The van der Waals surface area contributed by atoms with Gasteiger partial charge in [0.05, 0.1) is 12.7 Å². The fraction of sp³-hybridized carbons (Fsp3) is 0.222. The average molecular weight is 349 g/mol. The van der Waals surface area contributed by atoms with Gasteiger partial charge in [-0.2, -0.15) is 0 Å². The number of carbonyl (C=O) groups excluding carboxylic acids is 2. The van der Waals surface area contributed by atoms with E-state index in [1.165, 1.54) is 7.11 Å². The van der Waals surface area contributed by atoms with E-state index in [1.807, 2.05) is 0 Å². The summed E-state index contributed by atoms with van der Waals surface area (Å²) in [5, 5.41) is 2.50. The Morgan fingerprint density at radius 2 is 1.68 bits per heavy atom. The molecule has 0 aliphatic rings. The van der Waals surface area contributed by atoms with Crippen molar-refractivity contribution >= 4 is 11.9 Å². The third-order valence-electron chi connectivity index (χ3n) is 3.41. The lowest BCUT2D eigenvalue weighted by molar-refractivity contribution is -0.154. The standard InChI is InChI=1S/C18H17F2NO4/c1-11(22)25-17(16-14(19)4-3-5-15(16)20)18(23)21-10-12-6-8-13(24-2)9-7-12/h3-9,17H,10H2,1-2H3,(H,21,23)/t17-/m0/s1. The number of hydrogen-bond donors (Lipinski definition) is 1. The number of rotatable bonds is 6. The number of ether oxygens (including phenoxy) is 2. The molecule has 0 saturated carbocycles. The number of hydrogen-bond acceptors (Lipinski definition) is 4. The number of esters is 1. The van der Waals surface area contributed by atoms with Gasteiger partial charge in [-0.25, -0.2) is 8.78 Å². The highest BCUT2D eigenvalue weighted by Crippen LogP contribution is 2.24. The van der Waals surface area contributed by atoms with Crippen LogP contribution in [-0.4, -0.2) is 19.0 Å². The first kappa shape index (κ1) is 18.4. The molecule has 0 bridgehead atoms. The van der Waals surface area contributed by atoms with Crippen molar-refractivity contribution in [3.8, 4) is 5.75 Å². The third-order valence-corrected chi connectivity index (χ3v) is 3.41. The summed E-state index contributed by atoms with van der Waals surface area (Å²) in [5.41, 5.74) is 0.134. The van der Waals surface area contributed by atoms with E-state index in [0.717, 1.165) is 30.7 Å². The Morgan fingerprint density at radius 3 is 2.20 bits per heavy atom. The van der Waals surface area contributed by atoms with Gasteiger partial charge in [0, 0.05) is 13.5 Å². The molecular formula is C18H17F2NO4. The molecule has 0 aliphatic heterocycles. The van der Waals surface area contributed by atoms with E-state index >= 15 is 0 Å². The van der Waals surface area contributed by atoms with Crippen LogP contribution in [-0.2, 0) is 20.9 Å². The molecule has 2 aromatic carbocycles. The maximum atomic E-state index is 13.9. The molecule has 0 saturated heterocycles. The molecule has 1 atom stereocenters. The summed E-state index contributed by atoms with van der Waals surface area (Å²) >= 11 is 0. The van der Waals surface area contributed by atoms with Gasteiger partial charge in [0.15, 0.2) is 0 Å². The van der Waals surface area contributed by atoms with E-state index in [9.17, 15) is 18.4 Å². The molecule has 132 valence electrons. The second-order valence-electron chi connectivity index (χ2n) is 5.19. The highest BCUT2D eigenvalue weighted by atomic mass is 19.1. The molecular weight excluding hydrogens is 332 g/mol. The third kappa shape index (κ3) is 4.76. The zero-order chi connectivity index (χ0) is 18.4. The molecule has 0 aromatic heterocycles. The monoisotopic (exact) mass is 349 g/mol.